The van der Waals surface area contributed by atoms with Crippen LogP contribution in [0.2, 0.25) is 0 Å². The fourth-order valence-electron chi connectivity index (χ4n) is 2.45. The second-order valence-corrected chi connectivity index (χ2v) is 7.32. The van der Waals surface area contributed by atoms with Crippen LogP contribution in [0.25, 0.3) is 0 Å². The van der Waals surface area contributed by atoms with E-state index in [0.29, 0.717) is 18.1 Å². The molecule has 0 radical (unpaired) electrons. The van der Waals surface area contributed by atoms with Gasteiger partial charge in [0, 0.05) is 12.5 Å². The topological polar surface area (TPSA) is 64.6 Å². The fourth-order valence-corrected chi connectivity index (χ4v) is 3.74. The van der Waals surface area contributed by atoms with Crippen LogP contribution >= 0.6 is 0 Å². The molecule has 1 heterocycles. The van der Waals surface area contributed by atoms with Crippen LogP contribution in [-0.2, 0) is 9.84 Å². The van der Waals surface area contributed by atoms with Crippen molar-refractivity contribution in [1.82, 2.24) is 5.32 Å². The summed E-state index contributed by atoms with van der Waals surface area (Å²) in [5.41, 5.74) is 0. The van der Waals surface area contributed by atoms with Gasteiger partial charge in [-0.05, 0) is 37.9 Å². The molecule has 1 N–H and O–H groups in total. The second-order valence-electron chi connectivity index (χ2n) is 5.37. The van der Waals surface area contributed by atoms with Crippen LogP contribution < -0.4 is 14.8 Å². The maximum Gasteiger partial charge on any atom is 0.206 e. The van der Waals surface area contributed by atoms with Crippen molar-refractivity contribution in [3.05, 3.63) is 48.5 Å². The summed E-state index contributed by atoms with van der Waals surface area (Å²) in [6, 6.07) is 13.1. The first-order chi connectivity index (χ1) is 11.1. The number of rotatable bonds is 5. The van der Waals surface area contributed by atoms with Gasteiger partial charge in [0.15, 0.2) is 11.5 Å². The van der Waals surface area contributed by atoms with Gasteiger partial charge in [-0.2, -0.15) is 0 Å². The molecule has 1 atom stereocenters. The molecule has 122 valence electrons. The molecule has 0 bridgehead atoms. The zero-order valence-electron chi connectivity index (χ0n) is 12.9. The Morgan fingerprint density at radius 1 is 1.09 bits per heavy atom. The van der Waals surface area contributed by atoms with Gasteiger partial charge in [0.05, 0.1) is 9.79 Å². The highest BCUT2D eigenvalue weighted by molar-refractivity contribution is 7.91. The zero-order valence-corrected chi connectivity index (χ0v) is 13.7. The third kappa shape index (κ3) is 3.33. The molecule has 0 aliphatic carbocycles. The number of benzene rings is 2. The van der Waals surface area contributed by atoms with Gasteiger partial charge in [-0.15, -0.1) is 0 Å². The third-order valence-corrected chi connectivity index (χ3v) is 5.48. The van der Waals surface area contributed by atoms with E-state index in [0.717, 1.165) is 13.0 Å². The summed E-state index contributed by atoms with van der Waals surface area (Å²) >= 11 is 0. The van der Waals surface area contributed by atoms with E-state index in [4.69, 9.17) is 9.47 Å². The standard InChI is InChI=1S/C17H19NO4S/c1-18-10-9-13-12-21-16-8-7-15(11-17(16)22-13)23(19,20)14-5-3-2-4-6-14/h2-8,11,13,18H,9-10,12H2,1H3/t13-/m1/s1. The van der Waals surface area contributed by atoms with Crippen molar-refractivity contribution in [3.8, 4) is 11.5 Å². The lowest BCUT2D eigenvalue weighted by atomic mass is 10.2. The van der Waals surface area contributed by atoms with E-state index in [1.54, 1.807) is 48.5 Å². The minimum atomic E-state index is -3.55. The minimum absolute atomic E-state index is 0.0790. The van der Waals surface area contributed by atoms with Gasteiger partial charge in [0.25, 0.3) is 0 Å². The van der Waals surface area contributed by atoms with Gasteiger partial charge in [-0.3, -0.25) is 0 Å². The number of fused-ring (bicyclic) bond motifs is 1. The average Bonchev–Trinajstić information content (AvgIpc) is 2.60. The fraction of sp³-hybridized carbons (Fsp3) is 0.294. The van der Waals surface area contributed by atoms with Crippen molar-refractivity contribution >= 4 is 9.84 Å². The van der Waals surface area contributed by atoms with Crippen molar-refractivity contribution in [1.29, 1.82) is 0 Å². The van der Waals surface area contributed by atoms with Crippen LogP contribution in [0.1, 0.15) is 6.42 Å². The lowest BCUT2D eigenvalue weighted by Gasteiger charge is -2.26. The zero-order chi connectivity index (χ0) is 16.3. The molecule has 2 aromatic rings. The Kier molecular flexibility index (Phi) is 4.54. The molecule has 3 rings (SSSR count). The van der Waals surface area contributed by atoms with E-state index >= 15 is 0 Å². The molecular formula is C17H19NO4S. The quantitative estimate of drug-likeness (QED) is 0.909. The molecule has 0 saturated heterocycles. The highest BCUT2D eigenvalue weighted by Crippen LogP contribution is 2.35. The summed E-state index contributed by atoms with van der Waals surface area (Å²) in [4.78, 5) is 0.476. The van der Waals surface area contributed by atoms with Crippen molar-refractivity contribution in [3.63, 3.8) is 0 Å². The first-order valence-electron chi connectivity index (χ1n) is 7.49. The highest BCUT2D eigenvalue weighted by atomic mass is 32.2. The number of nitrogens with one attached hydrogen (secondary N) is 1. The van der Waals surface area contributed by atoms with Crippen LogP contribution in [0, 0.1) is 0 Å². The molecule has 2 aromatic carbocycles. The SMILES string of the molecule is CNCC[C@@H]1COc2ccc(S(=O)(=O)c3ccccc3)cc2O1. The van der Waals surface area contributed by atoms with Crippen LogP contribution in [0.15, 0.2) is 58.3 Å². The summed E-state index contributed by atoms with van der Waals surface area (Å²) in [6.07, 6.45) is 0.718. The van der Waals surface area contributed by atoms with Crippen LogP contribution in [0.5, 0.6) is 11.5 Å². The molecule has 0 saturated carbocycles. The lowest BCUT2D eigenvalue weighted by Crippen LogP contribution is -2.31. The van der Waals surface area contributed by atoms with E-state index in [9.17, 15) is 8.42 Å². The Morgan fingerprint density at radius 3 is 2.61 bits per heavy atom. The van der Waals surface area contributed by atoms with Crippen molar-refractivity contribution in [2.24, 2.45) is 0 Å². The average molecular weight is 333 g/mol. The number of hydrogen-bond acceptors (Lipinski definition) is 5. The predicted octanol–water partition coefficient (Wildman–Crippen LogP) is 2.27. The number of ether oxygens (including phenoxy) is 2. The molecule has 0 amide bonds. The number of sulfone groups is 1. The van der Waals surface area contributed by atoms with Crippen LogP contribution in [0.3, 0.4) is 0 Å². The predicted molar refractivity (Wildman–Crippen MR) is 86.8 cm³/mol. The Morgan fingerprint density at radius 2 is 1.87 bits per heavy atom. The molecule has 0 unspecified atom stereocenters. The van der Waals surface area contributed by atoms with Crippen LogP contribution in [0.4, 0.5) is 0 Å². The molecule has 0 aromatic heterocycles. The molecule has 5 nitrogen and oxygen atoms in total. The largest absolute Gasteiger partial charge is 0.486 e. The smallest absolute Gasteiger partial charge is 0.206 e. The summed E-state index contributed by atoms with van der Waals surface area (Å²) in [7, 11) is -1.68. The van der Waals surface area contributed by atoms with E-state index in [-0.39, 0.29) is 15.9 Å². The summed E-state index contributed by atoms with van der Waals surface area (Å²) in [5.74, 6) is 1.06. The lowest BCUT2D eigenvalue weighted by molar-refractivity contribution is 0.0849. The van der Waals surface area contributed by atoms with E-state index in [1.807, 2.05) is 7.05 Å². The van der Waals surface area contributed by atoms with Gasteiger partial charge in [-0.1, -0.05) is 18.2 Å². The maximum absolute atomic E-state index is 12.7. The van der Waals surface area contributed by atoms with Gasteiger partial charge >= 0.3 is 0 Å². The molecule has 23 heavy (non-hydrogen) atoms. The van der Waals surface area contributed by atoms with Gasteiger partial charge in [0.1, 0.15) is 12.7 Å². The van der Waals surface area contributed by atoms with E-state index < -0.39 is 9.84 Å². The van der Waals surface area contributed by atoms with Gasteiger partial charge < -0.3 is 14.8 Å². The Bertz CT molecular complexity index is 774. The molecule has 1 aliphatic heterocycles. The Labute approximate surface area is 136 Å². The van der Waals surface area contributed by atoms with Crippen molar-refractivity contribution in [2.75, 3.05) is 20.2 Å². The van der Waals surface area contributed by atoms with E-state index in [1.165, 1.54) is 0 Å². The van der Waals surface area contributed by atoms with Crippen molar-refractivity contribution in [2.45, 2.75) is 22.3 Å². The monoisotopic (exact) mass is 333 g/mol. The third-order valence-electron chi connectivity index (χ3n) is 3.71. The van der Waals surface area contributed by atoms with Gasteiger partial charge in [-0.25, -0.2) is 8.42 Å². The summed E-state index contributed by atoms with van der Waals surface area (Å²) in [5, 5.41) is 3.06. The minimum Gasteiger partial charge on any atom is -0.486 e. The normalized spacial score (nSPS) is 17.0. The molecule has 6 heteroatoms. The second kappa shape index (κ2) is 6.60. The highest BCUT2D eigenvalue weighted by Gasteiger charge is 2.24. The first kappa shape index (κ1) is 15.8. The summed E-state index contributed by atoms with van der Waals surface area (Å²) in [6.45, 7) is 1.28. The number of hydrogen-bond donors (Lipinski definition) is 1. The van der Waals surface area contributed by atoms with Crippen LogP contribution in [-0.4, -0.2) is 34.7 Å². The summed E-state index contributed by atoms with van der Waals surface area (Å²) < 4.78 is 36.9. The Hall–Kier alpha value is -2.05. The molecule has 0 spiro atoms. The first-order valence-corrected chi connectivity index (χ1v) is 8.98. The van der Waals surface area contributed by atoms with Crippen molar-refractivity contribution < 1.29 is 17.9 Å². The maximum atomic E-state index is 12.7. The molecule has 1 aliphatic rings. The van der Waals surface area contributed by atoms with Gasteiger partial charge in [0.2, 0.25) is 9.84 Å². The molecular weight excluding hydrogens is 314 g/mol. The Balaban J connectivity index is 1.89. The van der Waals surface area contributed by atoms with E-state index in [2.05, 4.69) is 5.32 Å². The molecule has 0 fully saturated rings.